The lowest BCUT2D eigenvalue weighted by Crippen LogP contribution is -2.44. The van der Waals surface area contributed by atoms with Crippen LogP contribution in [0.3, 0.4) is 0 Å². The maximum absolute atomic E-state index is 11.2. The van der Waals surface area contributed by atoms with E-state index in [4.69, 9.17) is 10.00 Å². The number of nitrogens with zero attached hydrogens (tertiary/aromatic N) is 2. The number of aromatic carboxylic acids is 1. The second-order valence-corrected chi connectivity index (χ2v) is 4.27. The fraction of sp³-hybridized carbons (Fsp3) is 0.385. The van der Waals surface area contributed by atoms with Crippen molar-refractivity contribution in [2.75, 3.05) is 24.7 Å². The number of nitriles is 1. The summed E-state index contributed by atoms with van der Waals surface area (Å²) in [4.78, 5) is 13.2. The average Bonchev–Trinajstić information content (AvgIpc) is 2.38. The maximum atomic E-state index is 11.2. The molecule has 1 aromatic carbocycles. The lowest BCUT2D eigenvalue weighted by atomic mass is 10.1. The van der Waals surface area contributed by atoms with E-state index in [9.17, 15) is 9.90 Å². The van der Waals surface area contributed by atoms with E-state index >= 15 is 0 Å². The number of morpholine rings is 1. The minimum absolute atomic E-state index is 0.103. The normalized spacial score (nSPS) is 19.3. The quantitative estimate of drug-likeness (QED) is 0.855. The van der Waals surface area contributed by atoms with Crippen LogP contribution in [0.4, 0.5) is 5.69 Å². The highest BCUT2D eigenvalue weighted by Crippen LogP contribution is 2.25. The molecule has 0 bridgehead atoms. The summed E-state index contributed by atoms with van der Waals surface area (Å²) in [6, 6.07) is 6.78. The van der Waals surface area contributed by atoms with E-state index in [1.807, 2.05) is 17.9 Å². The van der Waals surface area contributed by atoms with Crippen LogP contribution in [-0.2, 0) is 4.74 Å². The lowest BCUT2D eigenvalue weighted by molar-refractivity contribution is 0.0695. The van der Waals surface area contributed by atoms with E-state index in [1.165, 1.54) is 12.1 Å². The van der Waals surface area contributed by atoms with Crippen LogP contribution < -0.4 is 4.90 Å². The van der Waals surface area contributed by atoms with Gasteiger partial charge in [-0.05, 0) is 25.1 Å². The summed E-state index contributed by atoms with van der Waals surface area (Å²) in [5.41, 5.74) is 1.29. The van der Waals surface area contributed by atoms with Crippen LogP contribution in [0.2, 0.25) is 0 Å². The van der Waals surface area contributed by atoms with Crippen LogP contribution in [0.5, 0.6) is 0 Å². The van der Waals surface area contributed by atoms with Crippen molar-refractivity contribution >= 4 is 11.7 Å². The predicted molar refractivity (Wildman–Crippen MR) is 65.7 cm³/mol. The number of carbonyl (C=O) groups is 1. The zero-order valence-corrected chi connectivity index (χ0v) is 10.1. The number of anilines is 1. The van der Waals surface area contributed by atoms with Gasteiger partial charge in [-0.15, -0.1) is 0 Å². The monoisotopic (exact) mass is 246 g/mol. The van der Waals surface area contributed by atoms with Crippen LogP contribution >= 0.6 is 0 Å². The molecule has 5 nitrogen and oxygen atoms in total. The number of rotatable bonds is 2. The zero-order valence-electron chi connectivity index (χ0n) is 10.1. The van der Waals surface area contributed by atoms with Gasteiger partial charge in [-0.25, -0.2) is 4.79 Å². The molecule has 2 rings (SSSR count). The van der Waals surface area contributed by atoms with Gasteiger partial charge in [-0.2, -0.15) is 5.26 Å². The smallest absolute Gasteiger partial charge is 0.337 e. The van der Waals surface area contributed by atoms with Gasteiger partial charge in [0.1, 0.15) is 0 Å². The Kier molecular flexibility index (Phi) is 3.49. The van der Waals surface area contributed by atoms with E-state index in [0.29, 0.717) is 31.0 Å². The molecule has 5 heteroatoms. The first-order valence-electron chi connectivity index (χ1n) is 5.75. The molecule has 1 aromatic rings. The van der Waals surface area contributed by atoms with Gasteiger partial charge in [0.2, 0.25) is 0 Å². The Morgan fingerprint density at radius 2 is 2.39 bits per heavy atom. The lowest BCUT2D eigenvalue weighted by Gasteiger charge is -2.36. The molecular weight excluding hydrogens is 232 g/mol. The molecule has 1 saturated heterocycles. The SMILES string of the molecule is C[C@@H]1COCCN1c1cc(C#N)ccc1C(=O)O. The van der Waals surface area contributed by atoms with Crippen molar-refractivity contribution in [3.8, 4) is 6.07 Å². The number of hydrogen-bond acceptors (Lipinski definition) is 4. The van der Waals surface area contributed by atoms with Gasteiger partial charge in [0.15, 0.2) is 0 Å². The predicted octanol–water partition coefficient (Wildman–Crippen LogP) is 1.48. The molecule has 1 atom stereocenters. The van der Waals surface area contributed by atoms with Crippen molar-refractivity contribution in [1.29, 1.82) is 5.26 Å². The fourth-order valence-electron chi connectivity index (χ4n) is 2.10. The maximum Gasteiger partial charge on any atom is 0.337 e. The minimum atomic E-state index is -0.979. The van der Waals surface area contributed by atoms with Crippen molar-refractivity contribution < 1.29 is 14.6 Å². The molecule has 1 aliphatic heterocycles. The molecule has 1 aliphatic rings. The molecule has 0 aliphatic carbocycles. The molecule has 18 heavy (non-hydrogen) atoms. The third kappa shape index (κ3) is 2.29. The van der Waals surface area contributed by atoms with Crippen LogP contribution in [0.1, 0.15) is 22.8 Å². The van der Waals surface area contributed by atoms with Gasteiger partial charge in [-0.3, -0.25) is 0 Å². The van der Waals surface area contributed by atoms with Crippen molar-refractivity contribution in [1.82, 2.24) is 0 Å². The van der Waals surface area contributed by atoms with Gasteiger partial charge >= 0.3 is 5.97 Å². The summed E-state index contributed by atoms with van der Waals surface area (Å²) in [7, 11) is 0. The van der Waals surface area contributed by atoms with Gasteiger partial charge < -0.3 is 14.7 Å². The van der Waals surface area contributed by atoms with Gasteiger partial charge in [0, 0.05) is 12.6 Å². The molecule has 94 valence electrons. The third-order valence-corrected chi connectivity index (χ3v) is 3.03. The molecule has 1 N–H and O–H groups in total. The Morgan fingerprint density at radius 3 is 3.00 bits per heavy atom. The van der Waals surface area contributed by atoms with E-state index < -0.39 is 5.97 Å². The summed E-state index contributed by atoms with van der Waals surface area (Å²) in [6.07, 6.45) is 0. The highest BCUT2D eigenvalue weighted by molar-refractivity contribution is 5.95. The Balaban J connectivity index is 2.46. The third-order valence-electron chi connectivity index (χ3n) is 3.03. The summed E-state index contributed by atoms with van der Waals surface area (Å²) in [5.74, 6) is -0.979. The topological polar surface area (TPSA) is 73.6 Å². The van der Waals surface area contributed by atoms with E-state index in [1.54, 1.807) is 6.07 Å². The molecule has 0 radical (unpaired) electrons. The van der Waals surface area contributed by atoms with Gasteiger partial charge in [0.25, 0.3) is 0 Å². The van der Waals surface area contributed by atoms with Crippen LogP contribution in [0.15, 0.2) is 18.2 Å². The van der Waals surface area contributed by atoms with E-state index in [0.717, 1.165) is 0 Å². The minimum Gasteiger partial charge on any atom is -0.478 e. The molecule has 1 fully saturated rings. The average molecular weight is 246 g/mol. The first-order valence-corrected chi connectivity index (χ1v) is 5.75. The highest BCUT2D eigenvalue weighted by Gasteiger charge is 2.23. The van der Waals surface area contributed by atoms with Crippen molar-refractivity contribution in [2.45, 2.75) is 13.0 Å². The summed E-state index contributed by atoms with van der Waals surface area (Å²) in [6.45, 7) is 3.75. The van der Waals surface area contributed by atoms with Crippen molar-refractivity contribution in [2.24, 2.45) is 0 Å². The van der Waals surface area contributed by atoms with Crippen LogP contribution in [-0.4, -0.2) is 36.9 Å². The van der Waals surface area contributed by atoms with E-state index in [2.05, 4.69) is 0 Å². The Hall–Kier alpha value is -2.06. The molecule has 0 saturated carbocycles. The Labute approximate surface area is 105 Å². The molecular formula is C13H14N2O3. The standard InChI is InChI=1S/C13H14N2O3/c1-9-8-18-5-4-15(9)12-6-10(7-14)2-3-11(12)13(16)17/h2-3,6,9H,4-5,8H2,1H3,(H,16,17)/t9-/m1/s1. The summed E-state index contributed by atoms with van der Waals surface area (Å²) < 4.78 is 5.34. The number of carboxylic acids is 1. The number of benzene rings is 1. The molecule has 0 spiro atoms. The second-order valence-electron chi connectivity index (χ2n) is 4.27. The van der Waals surface area contributed by atoms with Gasteiger partial charge in [-0.1, -0.05) is 0 Å². The second kappa shape index (κ2) is 5.07. The molecule has 0 unspecified atom stereocenters. The summed E-state index contributed by atoms with van der Waals surface area (Å²) in [5, 5.41) is 18.1. The summed E-state index contributed by atoms with van der Waals surface area (Å²) >= 11 is 0. The number of carboxylic acid groups (broad SMARTS) is 1. The highest BCUT2D eigenvalue weighted by atomic mass is 16.5. The van der Waals surface area contributed by atoms with Crippen LogP contribution in [0.25, 0.3) is 0 Å². The zero-order chi connectivity index (χ0) is 13.1. The van der Waals surface area contributed by atoms with Crippen molar-refractivity contribution in [3.05, 3.63) is 29.3 Å². The molecule has 0 amide bonds. The number of hydrogen-bond donors (Lipinski definition) is 1. The molecule has 0 aromatic heterocycles. The largest absolute Gasteiger partial charge is 0.478 e. The first kappa shape index (κ1) is 12.4. The van der Waals surface area contributed by atoms with Gasteiger partial charge in [0.05, 0.1) is 36.1 Å². The Morgan fingerprint density at radius 1 is 1.61 bits per heavy atom. The molecule has 1 heterocycles. The van der Waals surface area contributed by atoms with E-state index in [-0.39, 0.29) is 11.6 Å². The first-order chi connectivity index (χ1) is 8.63. The van der Waals surface area contributed by atoms with Crippen molar-refractivity contribution in [3.63, 3.8) is 0 Å². The van der Waals surface area contributed by atoms with Crippen LogP contribution in [0, 0.1) is 11.3 Å². The fourth-order valence-corrected chi connectivity index (χ4v) is 2.10. The number of ether oxygens (including phenoxy) is 1. The Bertz CT molecular complexity index is 507.